The van der Waals surface area contributed by atoms with E-state index < -0.39 is 0 Å². The van der Waals surface area contributed by atoms with Gasteiger partial charge < -0.3 is 10.0 Å². The summed E-state index contributed by atoms with van der Waals surface area (Å²) in [6.45, 7) is 3.43. The first-order chi connectivity index (χ1) is 7.85. The second-order valence-electron chi connectivity index (χ2n) is 4.43. The Morgan fingerprint density at radius 3 is 2.94 bits per heavy atom. The van der Waals surface area contributed by atoms with Gasteiger partial charge >= 0.3 is 0 Å². The van der Waals surface area contributed by atoms with Crippen molar-refractivity contribution in [1.29, 1.82) is 0 Å². The number of aliphatic hydroxyl groups is 1. The quantitative estimate of drug-likeness (QED) is 0.849. The molecule has 88 valence electrons. The van der Waals surface area contributed by atoms with E-state index in [9.17, 15) is 0 Å². The molecule has 1 aromatic rings. The Morgan fingerprint density at radius 2 is 2.31 bits per heavy atom. The first-order valence-corrected chi connectivity index (χ1v) is 6.17. The van der Waals surface area contributed by atoms with Crippen LogP contribution < -0.4 is 4.90 Å². The average molecular weight is 220 g/mol. The zero-order chi connectivity index (χ0) is 11.4. The summed E-state index contributed by atoms with van der Waals surface area (Å²) in [7, 11) is 0. The second-order valence-corrected chi connectivity index (χ2v) is 4.43. The van der Waals surface area contributed by atoms with E-state index in [0.717, 1.165) is 17.9 Å². The molecule has 1 aliphatic heterocycles. The Kier molecular flexibility index (Phi) is 3.78. The molecule has 3 nitrogen and oxygen atoms in total. The molecule has 1 atom stereocenters. The molecule has 2 rings (SSSR count). The Bertz CT molecular complexity index is 323. The lowest BCUT2D eigenvalue weighted by atomic mass is 10.00. The molecule has 2 heterocycles. The fraction of sp³-hybridized carbons (Fsp3) is 0.615. The minimum atomic E-state index is 0.0739. The summed E-state index contributed by atoms with van der Waals surface area (Å²) in [5.74, 6) is 1.06. The second kappa shape index (κ2) is 5.30. The highest BCUT2D eigenvalue weighted by atomic mass is 16.3. The molecule has 0 aromatic carbocycles. The van der Waals surface area contributed by atoms with E-state index in [-0.39, 0.29) is 6.61 Å². The van der Waals surface area contributed by atoms with Crippen molar-refractivity contribution in [3.05, 3.63) is 23.9 Å². The lowest BCUT2D eigenvalue weighted by molar-refractivity contribution is 0.281. The summed E-state index contributed by atoms with van der Waals surface area (Å²) in [5.41, 5.74) is 0.883. The van der Waals surface area contributed by atoms with Crippen molar-refractivity contribution in [3.8, 4) is 0 Å². The zero-order valence-electron chi connectivity index (χ0n) is 9.89. The molecule has 1 N–H and O–H groups in total. The third-order valence-electron chi connectivity index (χ3n) is 3.38. The smallest absolute Gasteiger partial charge is 0.128 e. The van der Waals surface area contributed by atoms with E-state index in [1.807, 2.05) is 12.1 Å². The molecule has 3 heteroatoms. The molecule has 0 amide bonds. The first-order valence-electron chi connectivity index (χ1n) is 6.17. The molecule has 1 unspecified atom stereocenters. The number of aromatic nitrogens is 1. The number of piperidine rings is 1. The average Bonchev–Trinajstić information content (AvgIpc) is 2.39. The van der Waals surface area contributed by atoms with Crippen LogP contribution in [0.3, 0.4) is 0 Å². The molecule has 1 aliphatic rings. The van der Waals surface area contributed by atoms with E-state index in [1.54, 1.807) is 6.20 Å². The van der Waals surface area contributed by atoms with Gasteiger partial charge in [0.1, 0.15) is 5.82 Å². The molecule has 0 saturated carbocycles. The minimum absolute atomic E-state index is 0.0739. The molecular formula is C13H20N2O. The van der Waals surface area contributed by atoms with Gasteiger partial charge in [-0.05, 0) is 37.3 Å². The lowest BCUT2D eigenvalue weighted by Crippen LogP contribution is -2.39. The Labute approximate surface area is 97.1 Å². The van der Waals surface area contributed by atoms with Gasteiger partial charge in [0.15, 0.2) is 0 Å². The van der Waals surface area contributed by atoms with Gasteiger partial charge in [-0.3, -0.25) is 0 Å². The standard InChI is InChI=1S/C13H20N2O/c1-2-12-5-3-4-8-15(12)13-7-6-11(10-16)9-14-13/h6-7,9,12,16H,2-5,8,10H2,1H3. The van der Waals surface area contributed by atoms with Gasteiger partial charge in [0.25, 0.3) is 0 Å². The van der Waals surface area contributed by atoms with Crippen LogP contribution >= 0.6 is 0 Å². The van der Waals surface area contributed by atoms with E-state index in [2.05, 4.69) is 16.8 Å². The number of pyridine rings is 1. The monoisotopic (exact) mass is 220 g/mol. The Hall–Kier alpha value is -1.09. The summed E-state index contributed by atoms with van der Waals surface area (Å²) in [4.78, 5) is 6.84. The summed E-state index contributed by atoms with van der Waals surface area (Å²) < 4.78 is 0. The number of hydrogen-bond acceptors (Lipinski definition) is 3. The van der Waals surface area contributed by atoms with Crippen LogP contribution in [0.5, 0.6) is 0 Å². The molecular weight excluding hydrogens is 200 g/mol. The lowest BCUT2D eigenvalue weighted by Gasteiger charge is -2.36. The SMILES string of the molecule is CCC1CCCCN1c1ccc(CO)cn1. The van der Waals surface area contributed by atoms with Gasteiger partial charge in [-0.1, -0.05) is 13.0 Å². The van der Waals surface area contributed by atoms with Gasteiger partial charge in [0, 0.05) is 18.8 Å². The van der Waals surface area contributed by atoms with E-state index in [1.165, 1.54) is 25.7 Å². The predicted molar refractivity (Wildman–Crippen MR) is 65.4 cm³/mol. The van der Waals surface area contributed by atoms with Crippen LogP contribution in [0.1, 0.15) is 38.2 Å². The first kappa shape index (κ1) is 11.4. The predicted octanol–water partition coefficient (Wildman–Crippen LogP) is 2.34. The summed E-state index contributed by atoms with van der Waals surface area (Å²) in [6.07, 6.45) is 6.84. The van der Waals surface area contributed by atoms with Crippen LogP contribution in [0.15, 0.2) is 18.3 Å². The largest absolute Gasteiger partial charge is 0.392 e. The highest BCUT2D eigenvalue weighted by Crippen LogP contribution is 2.24. The summed E-state index contributed by atoms with van der Waals surface area (Å²) in [5, 5.41) is 8.98. The third kappa shape index (κ3) is 2.35. The minimum Gasteiger partial charge on any atom is -0.392 e. The number of rotatable bonds is 3. The van der Waals surface area contributed by atoms with Gasteiger partial charge in [-0.25, -0.2) is 4.98 Å². The number of nitrogens with zero attached hydrogens (tertiary/aromatic N) is 2. The molecule has 0 bridgehead atoms. The molecule has 0 radical (unpaired) electrons. The van der Waals surface area contributed by atoms with Crippen LogP contribution in [0.2, 0.25) is 0 Å². The molecule has 1 saturated heterocycles. The van der Waals surface area contributed by atoms with Gasteiger partial charge in [-0.15, -0.1) is 0 Å². The van der Waals surface area contributed by atoms with Crippen LogP contribution in [0.4, 0.5) is 5.82 Å². The number of anilines is 1. The number of aliphatic hydroxyl groups excluding tert-OH is 1. The fourth-order valence-electron chi connectivity index (χ4n) is 2.41. The maximum absolute atomic E-state index is 8.98. The molecule has 1 fully saturated rings. The van der Waals surface area contributed by atoms with Crippen LogP contribution in [-0.4, -0.2) is 22.7 Å². The van der Waals surface area contributed by atoms with Gasteiger partial charge in [0.05, 0.1) is 6.61 Å². The van der Waals surface area contributed by atoms with E-state index in [4.69, 9.17) is 5.11 Å². The van der Waals surface area contributed by atoms with E-state index in [0.29, 0.717) is 6.04 Å². The van der Waals surface area contributed by atoms with Crippen molar-refractivity contribution in [1.82, 2.24) is 4.98 Å². The maximum Gasteiger partial charge on any atom is 0.128 e. The molecule has 0 spiro atoms. The highest BCUT2D eigenvalue weighted by molar-refractivity contribution is 5.41. The Balaban J connectivity index is 2.14. The third-order valence-corrected chi connectivity index (χ3v) is 3.38. The Morgan fingerprint density at radius 1 is 1.44 bits per heavy atom. The molecule has 0 aliphatic carbocycles. The topological polar surface area (TPSA) is 36.4 Å². The van der Waals surface area contributed by atoms with Crippen molar-refractivity contribution >= 4 is 5.82 Å². The van der Waals surface area contributed by atoms with Gasteiger partial charge in [0.2, 0.25) is 0 Å². The van der Waals surface area contributed by atoms with Crippen molar-refractivity contribution < 1.29 is 5.11 Å². The van der Waals surface area contributed by atoms with Crippen LogP contribution in [-0.2, 0) is 6.61 Å². The molecule has 16 heavy (non-hydrogen) atoms. The van der Waals surface area contributed by atoms with Crippen molar-refractivity contribution in [3.63, 3.8) is 0 Å². The van der Waals surface area contributed by atoms with Gasteiger partial charge in [-0.2, -0.15) is 0 Å². The summed E-state index contributed by atoms with van der Waals surface area (Å²) >= 11 is 0. The maximum atomic E-state index is 8.98. The molecule has 1 aromatic heterocycles. The van der Waals surface area contributed by atoms with Crippen molar-refractivity contribution in [2.75, 3.05) is 11.4 Å². The van der Waals surface area contributed by atoms with Crippen molar-refractivity contribution in [2.45, 2.75) is 45.3 Å². The van der Waals surface area contributed by atoms with Crippen LogP contribution in [0.25, 0.3) is 0 Å². The number of hydrogen-bond donors (Lipinski definition) is 1. The van der Waals surface area contributed by atoms with E-state index >= 15 is 0 Å². The zero-order valence-corrected chi connectivity index (χ0v) is 9.89. The normalized spacial score (nSPS) is 21.1. The fourth-order valence-corrected chi connectivity index (χ4v) is 2.41. The highest BCUT2D eigenvalue weighted by Gasteiger charge is 2.21. The summed E-state index contributed by atoms with van der Waals surface area (Å²) in [6, 6.07) is 4.63. The van der Waals surface area contributed by atoms with Crippen LogP contribution in [0, 0.1) is 0 Å². The van der Waals surface area contributed by atoms with Crippen molar-refractivity contribution in [2.24, 2.45) is 0 Å².